The van der Waals surface area contributed by atoms with Gasteiger partial charge in [0.1, 0.15) is 0 Å². The maximum Gasteiger partial charge on any atom is 0.243 e. The van der Waals surface area contributed by atoms with Gasteiger partial charge in [-0.05, 0) is 36.6 Å². The van der Waals surface area contributed by atoms with Gasteiger partial charge < -0.3 is 5.73 Å². The fourth-order valence-corrected chi connectivity index (χ4v) is 4.44. The molecule has 1 aliphatic carbocycles. The number of nitrogens with two attached hydrogens (primary N) is 1. The second kappa shape index (κ2) is 5.71. The highest BCUT2D eigenvalue weighted by atomic mass is 32.2. The predicted molar refractivity (Wildman–Crippen MR) is 82.8 cm³/mol. The maximum absolute atomic E-state index is 12.9. The second-order valence-corrected chi connectivity index (χ2v) is 7.32. The van der Waals surface area contributed by atoms with Crippen molar-refractivity contribution in [3.05, 3.63) is 41.0 Å². The van der Waals surface area contributed by atoms with Gasteiger partial charge in [-0.1, -0.05) is 12.2 Å². The average Bonchev–Trinajstić information content (AvgIpc) is 2.70. The summed E-state index contributed by atoms with van der Waals surface area (Å²) in [6.07, 6.45) is 11.1. The van der Waals surface area contributed by atoms with Crippen molar-refractivity contribution in [1.29, 1.82) is 0 Å². The van der Waals surface area contributed by atoms with Crippen molar-refractivity contribution in [1.82, 2.24) is 9.29 Å². The molecule has 1 fully saturated rings. The zero-order valence-electron chi connectivity index (χ0n) is 11.8. The zero-order valence-corrected chi connectivity index (χ0v) is 12.6. The summed E-state index contributed by atoms with van der Waals surface area (Å²) in [6.45, 7) is 0.982. The molecule has 1 saturated heterocycles. The molecule has 1 aromatic heterocycles. The summed E-state index contributed by atoms with van der Waals surface area (Å²) in [4.78, 5) is 4.45. The summed E-state index contributed by atoms with van der Waals surface area (Å²) >= 11 is 0. The van der Waals surface area contributed by atoms with Gasteiger partial charge in [0.2, 0.25) is 10.0 Å². The molecule has 2 N–H and O–H groups in total. The van der Waals surface area contributed by atoms with Gasteiger partial charge in [-0.25, -0.2) is 8.42 Å². The Bertz CT molecular complexity index is 775. The largest absolute Gasteiger partial charge is 0.328 e. The number of rotatable bonds is 2. The Labute approximate surface area is 124 Å². The van der Waals surface area contributed by atoms with Gasteiger partial charge >= 0.3 is 0 Å². The Hall–Kier alpha value is -1.50. The third-order valence-corrected chi connectivity index (χ3v) is 5.93. The monoisotopic (exact) mass is 305 g/mol. The van der Waals surface area contributed by atoms with Gasteiger partial charge in [0.15, 0.2) is 0 Å². The van der Waals surface area contributed by atoms with Crippen LogP contribution in [0.3, 0.4) is 0 Å². The molecule has 2 aliphatic rings. The molecule has 6 heteroatoms. The average molecular weight is 305 g/mol. The lowest BCUT2D eigenvalue weighted by atomic mass is 10.1. The Kier molecular flexibility index (Phi) is 3.93. The fraction of sp³-hybridized carbons (Fsp3) is 0.400. The van der Waals surface area contributed by atoms with Crippen molar-refractivity contribution < 1.29 is 8.42 Å². The first kappa shape index (κ1) is 14.4. The van der Waals surface area contributed by atoms with Crippen LogP contribution in [0.4, 0.5) is 0 Å². The van der Waals surface area contributed by atoms with Gasteiger partial charge in [-0.15, -0.1) is 0 Å². The Morgan fingerprint density at radius 2 is 2.05 bits per heavy atom. The molecule has 0 amide bonds. The molecule has 3 rings (SSSR count). The van der Waals surface area contributed by atoms with Gasteiger partial charge in [-0.2, -0.15) is 4.31 Å². The van der Waals surface area contributed by atoms with Crippen LogP contribution in [0, 0.1) is 0 Å². The van der Waals surface area contributed by atoms with Crippen LogP contribution in [-0.4, -0.2) is 36.8 Å². The normalized spacial score (nSPS) is 20.7. The van der Waals surface area contributed by atoms with Crippen molar-refractivity contribution in [2.45, 2.75) is 25.3 Å². The quantitative estimate of drug-likeness (QED) is 0.813. The number of allylic oxidation sites excluding steroid dienone is 1. The van der Waals surface area contributed by atoms with E-state index in [9.17, 15) is 8.42 Å². The number of aromatic nitrogens is 1. The minimum atomic E-state index is -3.49. The number of hydrogen-bond acceptors (Lipinski definition) is 4. The van der Waals surface area contributed by atoms with E-state index >= 15 is 0 Å². The number of hydrogen-bond donors (Lipinski definition) is 1. The zero-order chi connectivity index (χ0) is 14.9. The molecule has 0 atom stereocenters. The van der Waals surface area contributed by atoms with E-state index in [1.165, 1.54) is 0 Å². The molecule has 1 aliphatic heterocycles. The lowest BCUT2D eigenvalue weighted by Gasteiger charge is -2.29. The minimum absolute atomic E-state index is 0.107. The molecule has 0 bridgehead atoms. The van der Waals surface area contributed by atoms with E-state index in [-0.39, 0.29) is 6.04 Å². The third kappa shape index (κ3) is 2.79. The molecule has 5 nitrogen and oxygen atoms in total. The smallest absolute Gasteiger partial charge is 0.243 e. The summed E-state index contributed by atoms with van der Waals surface area (Å²) in [5, 5.41) is 1.60. The molecule has 0 radical (unpaired) electrons. The van der Waals surface area contributed by atoms with Crippen molar-refractivity contribution in [2.24, 2.45) is 5.73 Å². The molecule has 2 heterocycles. The van der Waals surface area contributed by atoms with Crippen molar-refractivity contribution in [3.63, 3.8) is 0 Å². The van der Waals surface area contributed by atoms with E-state index < -0.39 is 10.0 Å². The second-order valence-electron chi connectivity index (χ2n) is 5.41. The molecule has 0 aromatic carbocycles. The predicted octanol–water partition coefficient (Wildman–Crippen LogP) is -0.317. The van der Waals surface area contributed by atoms with Crippen molar-refractivity contribution >= 4 is 21.0 Å². The van der Waals surface area contributed by atoms with Gasteiger partial charge in [0.05, 0.1) is 4.91 Å². The van der Waals surface area contributed by atoms with Crippen LogP contribution >= 0.6 is 0 Å². The lowest BCUT2D eigenvalue weighted by molar-refractivity contribution is 0.324. The molecular formula is C15H19N3O2S. The van der Waals surface area contributed by atoms with Crippen LogP contribution in [0.15, 0.2) is 30.6 Å². The minimum Gasteiger partial charge on any atom is -0.328 e. The van der Waals surface area contributed by atoms with Crippen molar-refractivity contribution in [3.8, 4) is 0 Å². The first-order chi connectivity index (χ1) is 10.1. The van der Waals surface area contributed by atoms with Crippen LogP contribution in [0.5, 0.6) is 0 Å². The summed E-state index contributed by atoms with van der Waals surface area (Å²) in [5.74, 6) is 0. The van der Waals surface area contributed by atoms with Gasteiger partial charge in [0.25, 0.3) is 0 Å². The Morgan fingerprint density at radius 1 is 1.29 bits per heavy atom. The number of piperidine rings is 1. The first-order valence-corrected chi connectivity index (χ1v) is 8.60. The first-order valence-electron chi connectivity index (χ1n) is 7.16. The molecule has 0 unspecified atom stereocenters. The summed E-state index contributed by atoms with van der Waals surface area (Å²) in [6, 6.07) is 1.88. The molecule has 21 heavy (non-hydrogen) atoms. The maximum atomic E-state index is 12.9. The number of nitrogens with zero attached hydrogens (tertiary/aromatic N) is 2. The molecule has 0 spiro atoms. The summed E-state index contributed by atoms with van der Waals surface area (Å²) < 4.78 is 27.4. The van der Waals surface area contributed by atoms with Crippen molar-refractivity contribution in [2.75, 3.05) is 13.1 Å². The van der Waals surface area contributed by atoms with E-state index in [0.717, 1.165) is 10.4 Å². The summed E-state index contributed by atoms with van der Waals surface area (Å²) in [5.41, 5.74) is 5.86. The lowest BCUT2D eigenvalue weighted by Crippen LogP contribution is -2.44. The number of sulfonamides is 1. The third-order valence-electron chi connectivity index (χ3n) is 3.98. The van der Waals surface area contributed by atoms with E-state index in [2.05, 4.69) is 4.98 Å². The van der Waals surface area contributed by atoms with Gasteiger partial charge in [-0.3, -0.25) is 4.98 Å². The Balaban J connectivity index is 2.12. The number of pyridine rings is 1. The highest BCUT2D eigenvalue weighted by Crippen LogP contribution is 2.20. The Morgan fingerprint density at radius 3 is 2.81 bits per heavy atom. The fourth-order valence-electron chi connectivity index (χ4n) is 2.73. The van der Waals surface area contributed by atoms with Crippen LogP contribution in [0.25, 0.3) is 11.0 Å². The van der Waals surface area contributed by atoms with E-state index in [4.69, 9.17) is 5.73 Å². The van der Waals surface area contributed by atoms with Gasteiger partial charge in [0, 0.05) is 36.7 Å². The van der Waals surface area contributed by atoms with Crippen LogP contribution in [-0.2, 0) is 10.0 Å². The SMILES string of the molecule is NC1CCN(S(=O)(=O)C2=c3ccncc3=CCC=C2)CC1. The highest BCUT2D eigenvalue weighted by molar-refractivity contribution is 7.98. The standard InChI is InChI=1S/C15H19N3O2S/c16-13-6-9-18(10-7-13)21(19,20)15-4-2-1-3-12-11-17-8-5-14(12)15/h2-5,8,11,13H,1,6-7,9-10,16H2. The summed E-state index contributed by atoms with van der Waals surface area (Å²) in [7, 11) is -3.49. The number of fused-ring (bicyclic) bond motifs is 1. The highest BCUT2D eigenvalue weighted by Gasteiger charge is 2.29. The van der Waals surface area contributed by atoms with Crippen LogP contribution < -0.4 is 16.2 Å². The molecule has 1 aromatic rings. The molecule has 0 saturated carbocycles. The topological polar surface area (TPSA) is 76.3 Å². The van der Waals surface area contributed by atoms with E-state index in [1.54, 1.807) is 28.8 Å². The molecule has 112 valence electrons. The van der Waals surface area contributed by atoms with Crippen LogP contribution in [0.2, 0.25) is 0 Å². The van der Waals surface area contributed by atoms with E-state index in [1.807, 2.05) is 12.2 Å². The molecular weight excluding hydrogens is 286 g/mol. The van der Waals surface area contributed by atoms with Crippen LogP contribution in [0.1, 0.15) is 19.3 Å². The van der Waals surface area contributed by atoms with E-state index in [0.29, 0.717) is 37.3 Å².